The van der Waals surface area contributed by atoms with Gasteiger partial charge in [-0.3, -0.25) is 0 Å². The summed E-state index contributed by atoms with van der Waals surface area (Å²) in [4.78, 5) is 0. The standard InChI is InChI=1S/C13H18F2/c1-2-3-4-5-6-7-11-8-9-12(14)13(15)10-11/h8-10H,2-7H2,1H3. The maximum absolute atomic E-state index is 12.8. The van der Waals surface area contributed by atoms with Crippen LogP contribution in [0, 0.1) is 11.6 Å². The lowest BCUT2D eigenvalue weighted by Crippen LogP contribution is -1.90. The zero-order valence-corrected chi connectivity index (χ0v) is 9.23. The van der Waals surface area contributed by atoms with Crippen molar-refractivity contribution in [2.45, 2.75) is 45.4 Å². The highest BCUT2D eigenvalue weighted by atomic mass is 19.2. The first-order valence-corrected chi connectivity index (χ1v) is 5.68. The lowest BCUT2D eigenvalue weighted by molar-refractivity contribution is 0.506. The first-order valence-electron chi connectivity index (χ1n) is 5.68. The van der Waals surface area contributed by atoms with E-state index in [9.17, 15) is 8.78 Å². The Hall–Kier alpha value is -0.920. The van der Waals surface area contributed by atoms with Crippen LogP contribution in [0.25, 0.3) is 0 Å². The van der Waals surface area contributed by atoms with Gasteiger partial charge in [0.15, 0.2) is 11.6 Å². The summed E-state index contributed by atoms with van der Waals surface area (Å²) in [5, 5.41) is 0. The Bertz CT molecular complexity index is 295. The summed E-state index contributed by atoms with van der Waals surface area (Å²) in [5.41, 5.74) is 0.894. The Balaban J connectivity index is 2.28. The molecule has 0 aliphatic carbocycles. The molecule has 0 saturated carbocycles. The number of unbranched alkanes of at least 4 members (excludes halogenated alkanes) is 4. The van der Waals surface area contributed by atoms with Crippen LogP contribution in [0.15, 0.2) is 18.2 Å². The van der Waals surface area contributed by atoms with Gasteiger partial charge in [-0.25, -0.2) is 8.78 Å². The molecule has 0 aliphatic heterocycles. The highest BCUT2D eigenvalue weighted by Crippen LogP contribution is 2.12. The van der Waals surface area contributed by atoms with E-state index in [2.05, 4.69) is 6.92 Å². The second-order valence-corrected chi connectivity index (χ2v) is 3.91. The third-order valence-electron chi connectivity index (χ3n) is 2.55. The number of rotatable bonds is 6. The molecule has 84 valence electrons. The highest BCUT2D eigenvalue weighted by molar-refractivity contribution is 5.17. The van der Waals surface area contributed by atoms with Crippen molar-refractivity contribution < 1.29 is 8.78 Å². The summed E-state index contributed by atoms with van der Waals surface area (Å²) >= 11 is 0. The monoisotopic (exact) mass is 212 g/mol. The molecule has 15 heavy (non-hydrogen) atoms. The molecular formula is C13H18F2. The van der Waals surface area contributed by atoms with E-state index >= 15 is 0 Å². The Morgan fingerprint density at radius 3 is 2.33 bits per heavy atom. The molecule has 0 atom stereocenters. The maximum Gasteiger partial charge on any atom is 0.159 e. The molecule has 0 amide bonds. The van der Waals surface area contributed by atoms with Gasteiger partial charge >= 0.3 is 0 Å². The molecule has 2 heteroatoms. The van der Waals surface area contributed by atoms with Crippen LogP contribution in [-0.2, 0) is 6.42 Å². The third-order valence-corrected chi connectivity index (χ3v) is 2.55. The average molecular weight is 212 g/mol. The lowest BCUT2D eigenvalue weighted by atomic mass is 10.1. The van der Waals surface area contributed by atoms with E-state index in [1.54, 1.807) is 6.07 Å². The Kier molecular flexibility index (Phi) is 5.30. The first kappa shape index (κ1) is 12.2. The van der Waals surface area contributed by atoms with Gasteiger partial charge in [-0.05, 0) is 30.5 Å². The summed E-state index contributed by atoms with van der Waals surface area (Å²) in [6, 6.07) is 4.17. The van der Waals surface area contributed by atoms with Crippen molar-refractivity contribution in [1.29, 1.82) is 0 Å². The normalized spacial score (nSPS) is 10.6. The summed E-state index contributed by atoms with van der Waals surface area (Å²) in [6.45, 7) is 2.18. The molecule has 0 unspecified atom stereocenters. The van der Waals surface area contributed by atoms with Gasteiger partial charge < -0.3 is 0 Å². The quantitative estimate of drug-likeness (QED) is 0.610. The topological polar surface area (TPSA) is 0 Å². The van der Waals surface area contributed by atoms with E-state index in [1.165, 1.54) is 37.8 Å². The van der Waals surface area contributed by atoms with Gasteiger partial charge in [-0.2, -0.15) is 0 Å². The minimum atomic E-state index is -0.760. The Morgan fingerprint density at radius 1 is 0.933 bits per heavy atom. The third kappa shape index (κ3) is 4.41. The van der Waals surface area contributed by atoms with Crippen molar-refractivity contribution in [1.82, 2.24) is 0 Å². The highest BCUT2D eigenvalue weighted by Gasteiger charge is 2.01. The number of aryl methyl sites for hydroxylation is 1. The van der Waals surface area contributed by atoms with Crippen molar-refractivity contribution in [2.24, 2.45) is 0 Å². The van der Waals surface area contributed by atoms with Crippen LogP contribution in [0.3, 0.4) is 0 Å². The average Bonchev–Trinajstić information content (AvgIpc) is 2.23. The zero-order valence-electron chi connectivity index (χ0n) is 9.23. The fraction of sp³-hybridized carbons (Fsp3) is 0.538. The molecule has 0 N–H and O–H groups in total. The fourth-order valence-electron chi connectivity index (χ4n) is 1.63. The van der Waals surface area contributed by atoms with Gasteiger partial charge in [0.1, 0.15) is 0 Å². The van der Waals surface area contributed by atoms with Gasteiger partial charge in [0.2, 0.25) is 0 Å². The molecule has 0 aromatic heterocycles. The van der Waals surface area contributed by atoms with Crippen molar-refractivity contribution in [2.75, 3.05) is 0 Å². The predicted molar refractivity (Wildman–Crippen MR) is 58.8 cm³/mol. The zero-order chi connectivity index (χ0) is 11.1. The number of hydrogen-bond acceptors (Lipinski definition) is 0. The van der Waals surface area contributed by atoms with Gasteiger partial charge in [0.05, 0.1) is 0 Å². The molecule has 0 fully saturated rings. The fourth-order valence-corrected chi connectivity index (χ4v) is 1.63. The predicted octanol–water partition coefficient (Wildman–Crippen LogP) is 4.48. The summed E-state index contributed by atoms with van der Waals surface area (Å²) in [6.07, 6.45) is 6.81. The summed E-state index contributed by atoms with van der Waals surface area (Å²) in [5.74, 6) is -1.49. The molecule has 1 rings (SSSR count). The van der Waals surface area contributed by atoms with Crippen LogP contribution in [0.4, 0.5) is 8.78 Å². The van der Waals surface area contributed by atoms with E-state index in [0.717, 1.165) is 18.4 Å². The van der Waals surface area contributed by atoms with Gasteiger partial charge in [-0.1, -0.05) is 38.7 Å². The van der Waals surface area contributed by atoms with Crippen molar-refractivity contribution in [3.05, 3.63) is 35.4 Å². The summed E-state index contributed by atoms with van der Waals surface area (Å²) < 4.78 is 25.4. The smallest absolute Gasteiger partial charge is 0.159 e. The molecular weight excluding hydrogens is 194 g/mol. The second-order valence-electron chi connectivity index (χ2n) is 3.91. The molecule has 0 aliphatic rings. The SMILES string of the molecule is CCCCCCCc1ccc(F)c(F)c1. The largest absolute Gasteiger partial charge is 0.204 e. The number of hydrogen-bond donors (Lipinski definition) is 0. The molecule has 0 nitrogen and oxygen atoms in total. The molecule has 0 saturated heterocycles. The van der Waals surface area contributed by atoms with Gasteiger partial charge in [0.25, 0.3) is 0 Å². The van der Waals surface area contributed by atoms with Crippen molar-refractivity contribution in [3.63, 3.8) is 0 Å². The van der Waals surface area contributed by atoms with Crippen molar-refractivity contribution >= 4 is 0 Å². The molecule has 0 spiro atoms. The Labute approximate surface area is 90.3 Å². The van der Waals surface area contributed by atoms with Crippen LogP contribution >= 0.6 is 0 Å². The van der Waals surface area contributed by atoms with E-state index in [4.69, 9.17) is 0 Å². The van der Waals surface area contributed by atoms with Crippen molar-refractivity contribution in [3.8, 4) is 0 Å². The molecule has 1 aromatic carbocycles. The Morgan fingerprint density at radius 2 is 1.67 bits per heavy atom. The molecule has 0 bridgehead atoms. The van der Waals surface area contributed by atoms with E-state index < -0.39 is 11.6 Å². The summed E-state index contributed by atoms with van der Waals surface area (Å²) in [7, 11) is 0. The molecule has 1 aromatic rings. The van der Waals surface area contributed by atoms with Crippen LogP contribution in [0.2, 0.25) is 0 Å². The number of halogens is 2. The van der Waals surface area contributed by atoms with Crippen LogP contribution in [0.1, 0.15) is 44.6 Å². The van der Waals surface area contributed by atoms with Crippen LogP contribution in [0.5, 0.6) is 0 Å². The molecule has 0 radical (unpaired) electrons. The maximum atomic E-state index is 12.8. The van der Waals surface area contributed by atoms with E-state index in [1.807, 2.05) is 0 Å². The van der Waals surface area contributed by atoms with E-state index in [-0.39, 0.29) is 0 Å². The first-order chi connectivity index (χ1) is 7.24. The van der Waals surface area contributed by atoms with Gasteiger partial charge in [-0.15, -0.1) is 0 Å². The minimum Gasteiger partial charge on any atom is -0.204 e. The molecule has 0 heterocycles. The van der Waals surface area contributed by atoms with E-state index in [0.29, 0.717) is 0 Å². The number of benzene rings is 1. The lowest BCUT2D eigenvalue weighted by Gasteiger charge is -2.02. The second kappa shape index (κ2) is 6.54. The van der Waals surface area contributed by atoms with Crippen LogP contribution < -0.4 is 0 Å². The minimum absolute atomic E-state index is 0.735. The van der Waals surface area contributed by atoms with Gasteiger partial charge in [0, 0.05) is 0 Å². The van der Waals surface area contributed by atoms with Crippen LogP contribution in [-0.4, -0.2) is 0 Å².